The highest BCUT2D eigenvalue weighted by Gasteiger charge is 2.20. The van der Waals surface area contributed by atoms with Crippen molar-refractivity contribution in [3.8, 4) is 0 Å². The average molecular weight is 320 g/mol. The van der Waals surface area contributed by atoms with Crippen molar-refractivity contribution in [1.82, 2.24) is 9.78 Å². The molecule has 0 aliphatic heterocycles. The van der Waals surface area contributed by atoms with Crippen LogP contribution in [-0.4, -0.2) is 15.7 Å². The van der Waals surface area contributed by atoms with Crippen molar-refractivity contribution in [2.45, 2.75) is 46.6 Å². The molecule has 0 fully saturated rings. The van der Waals surface area contributed by atoms with Crippen LogP contribution in [0.15, 0.2) is 24.3 Å². The van der Waals surface area contributed by atoms with E-state index in [1.165, 1.54) is 5.56 Å². The van der Waals surface area contributed by atoms with Gasteiger partial charge in [-0.1, -0.05) is 44.0 Å². The lowest BCUT2D eigenvalue weighted by atomic mass is 10.1. The fourth-order valence-electron chi connectivity index (χ4n) is 2.28. The van der Waals surface area contributed by atoms with Crippen LogP contribution in [0.25, 0.3) is 0 Å². The standard InChI is InChI=1S/C17H22ClN3O/c1-4-6-11-21-16(18)15(12(3)20-21)17(22)19-14-9-7-13(5-2)8-10-14/h7-10H,4-6,11H2,1-3H3,(H,19,22). The highest BCUT2D eigenvalue weighted by molar-refractivity contribution is 6.33. The third-order valence-corrected chi connectivity index (χ3v) is 4.02. The van der Waals surface area contributed by atoms with Crippen LogP contribution in [0, 0.1) is 6.92 Å². The fraction of sp³-hybridized carbons (Fsp3) is 0.412. The zero-order valence-electron chi connectivity index (χ0n) is 13.3. The number of aryl methyl sites for hydroxylation is 3. The molecule has 1 heterocycles. The number of rotatable bonds is 6. The number of amides is 1. The average Bonchev–Trinajstić information content (AvgIpc) is 2.80. The van der Waals surface area contributed by atoms with Crippen molar-refractivity contribution < 1.29 is 4.79 Å². The second kappa shape index (κ2) is 7.45. The van der Waals surface area contributed by atoms with Crippen molar-refractivity contribution in [3.05, 3.63) is 46.2 Å². The number of carbonyl (C=O) groups is 1. The van der Waals surface area contributed by atoms with E-state index in [-0.39, 0.29) is 5.91 Å². The third kappa shape index (κ3) is 3.69. The van der Waals surface area contributed by atoms with Crippen LogP contribution in [0.4, 0.5) is 5.69 Å². The Labute approximate surface area is 136 Å². The number of carbonyl (C=O) groups excluding carboxylic acids is 1. The number of aromatic nitrogens is 2. The normalized spacial score (nSPS) is 10.7. The molecule has 0 spiro atoms. The van der Waals surface area contributed by atoms with Gasteiger partial charge in [0.15, 0.2) is 0 Å². The molecular formula is C17H22ClN3O. The number of halogens is 1. The minimum Gasteiger partial charge on any atom is -0.322 e. The highest BCUT2D eigenvalue weighted by atomic mass is 35.5. The maximum absolute atomic E-state index is 12.4. The monoisotopic (exact) mass is 319 g/mol. The summed E-state index contributed by atoms with van der Waals surface area (Å²) in [5.41, 5.74) is 3.11. The Kier molecular flexibility index (Phi) is 5.61. The fourth-order valence-corrected chi connectivity index (χ4v) is 2.63. The molecule has 4 nitrogen and oxygen atoms in total. The van der Waals surface area contributed by atoms with Gasteiger partial charge in [0.05, 0.1) is 11.3 Å². The molecule has 5 heteroatoms. The van der Waals surface area contributed by atoms with Gasteiger partial charge in [0.1, 0.15) is 5.15 Å². The number of benzene rings is 1. The zero-order chi connectivity index (χ0) is 16.1. The summed E-state index contributed by atoms with van der Waals surface area (Å²) in [6.45, 7) is 6.75. The Hall–Kier alpha value is -1.81. The molecule has 2 rings (SSSR count). The summed E-state index contributed by atoms with van der Waals surface area (Å²) in [6.07, 6.45) is 3.02. The van der Waals surface area contributed by atoms with Gasteiger partial charge in [-0.15, -0.1) is 0 Å². The molecule has 2 aromatic rings. The van der Waals surface area contributed by atoms with E-state index in [2.05, 4.69) is 24.3 Å². The Morgan fingerprint density at radius 2 is 1.95 bits per heavy atom. The number of hydrogen-bond donors (Lipinski definition) is 1. The van der Waals surface area contributed by atoms with E-state index in [0.717, 1.165) is 31.5 Å². The highest BCUT2D eigenvalue weighted by Crippen LogP contribution is 2.22. The Morgan fingerprint density at radius 1 is 1.27 bits per heavy atom. The summed E-state index contributed by atoms with van der Waals surface area (Å²) in [5.74, 6) is -0.213. The maximum Gasteiger partial charge on any atom is 0.260 e. The van der Waals surface area contributed by atoms with Gasteiger partial charge in [-0.25, -0.2) is 0 Å². The molecule has 0 bridgehead atoms. The summed E-state index contributed by atoms with van der Waals surface area (Å²) >= 11 is 6.31. The lowest BCUT2D eigenvalue weighted by molar-refractivity contribution is 0.102. The van der Waals surface area contributed by atoms with Crippen molar-refractivity contribution in [2.75, 3.05) is 5.32 Å². The summed E-state index contributed by atoms with van der Waals surface area (Å²) in [7, 11) is 0. The first kappa shape index (κ1) is 16.6. The SMILES string of the molecule is CCCCn1nc(C)c(C(=O)Nc2ccc(CC)cc2)c1Cl. The quantitative estimate of drug-likeness (QED) is 0.854. The largest absolute Gasteiger partial charge is 0.322 e. The Bertz CT molecular complexity index is 647. The lowest BCUT2D eigenvalue weighted by Gasteiger charge is -2.06. The molecule has 0 atom stereocenters. The van der Waals surface area contributed by atoms with E-state index >= 15 is 0 Å². The van der Waals surface area contributed by atoms with Crippen LogP contribution in [0.1, 0.15) is 48.3 Å². The predicted molar refractivity (Wildman–Crippen MR) is 90.7 cm³/mol. The summed E-state index contributed by atoms with van der Waals surface area (Å²) in [4.78, 5) is 12.4. The van der Waals surface area contributed by atoms with E-state index in [9.17, 15) is 4.79 Å². The number of unbranched alkanes of at least 4 members (excludes halogenated alkanes) is 1. The van der Waals surface area contributed by atoms with Gasteiger partial charge in [0.25, 0.3) is 5.91 Å². The van der Waals surface area contributed by atoms with Crippen molar-refractivity contribution in [3.63, 3.8) is 0 Å². The van der Waals surface area contributed by atoms with Crippen LogP contribution in [-0.2, 0) is 13.0 Å². The second-order valence-corrected chi connectivity index (χ2v) is 5.69. The van der Waals surface area contributed by atoms with Crippen LogP contribution in [0.3, 0.4) is 0 Å². The molecule has 1 amide bonds. The first-order valence-corrected chi connectivity index (χ1v) is 8.07. The second-order valence-electron chi connectivity index (χ2n) is 5.33. The zero-order valence-corrected chi connectivity index (χ0v) is 14.1. The van der Waals surface area contributed by atoms with Gasteiger partial charge in [0.2, 0.25) is 0 Å². The van der Waals surface area contributed by atoms with Crippen molar-refractivity contribution in [2.24, 2.45) is 0 Å². The van der Waals surface area contributed by atoms with E-state index in [1.54, 1.807) is 4.68 Å². The van der Waals surface area contributed by atoms with Crippen LogP contribution in [0.2, 0.25) is 5.15 Å². The molecule has 22 heavy (non-hydrogen) atoms. The molecule has 118 valence electrons. The summed E-state index contributed by atoms with van der Waals surface area (Å²) in [6, 6.07) is 7.83. The predicted octanol–water partition coefficient (Wildman–Crippen LogP) is 4.46. The van der Waals surface area contributed by atoms with Crippen molar-refractivity contribution >= 4 is 23.2 Å². The lowest BCUT2D eigenvalue weighted by Crippen LogP contribution is -2.13. The van der Waals surface area contributed by atoms with E-state index in [1.807, 2.05) is 31.2 Å². The molecule has 0 unspecified atom stereocenters. The Morgan fingerprint density at radius 3 is 2.55 bits per heavy atom. The summed E-state index contributed by atoms with van der Waals surface area (Å²) in [5, 5.41) is 7.66. The van der Waals surface area contributed by atoms with Gasteiger partial charge in [0, 0.05) is 12.2 Å². The first-order chi connectivity index (χ1) is 10.6. The molecule has 1 aromatic heterocycles. The number of nitrogens with one attached hydrogen (secondary N) is 1. The van der Waals surface area contributed by atoms with Gasteiger partial charge < -0.3 is 5.32 Å². The molecule has 1 aromatic carbocycles. The number of anilines is 1. The van der Waals surface area contributed by atoms with Crippen LogP contribution >= 0.6 is 11.6 Å². The molecule has 0 saturated carbocycles. The molecule has 0 saturated heterocycles. The first-order valence-electron chi connectivity index (χ1n) is 7.70. The topological polar surface area (TPSA) is 46.9 Å². The third-order valence-electron chi connectivity index (χ3n) is 3.64. The van der Waals surface area contributed by atoms with Gasteiger partial charge in [-0.2, -0.15) is 5.10 Å². The summed E-state index contributed by atoms with van der Waals surface area (Å²) < 4.78 is 1.70. The minimum absolute atomic E-state index is 0.213. The number of hydrogen-bond acceptors (Lipinski definition) is 2. The Balaban J connectivity index is 2.16. The molecule has 1 N–H and O–H groups in total. The van der Waals surface area contributed by atoms with Crippen LogP contribution in [0.5, 0.6) is 0 Å². The molecular weight excluding hydrogens is 298 g/mol. The maximum atomic E-state index is 12.4. The van der Waals surface area contributed by atoms with Gasteiger partial charge in [-0.3, -0.25) is 9.48 Å². The van der Waals surface area contributed by atoms with Crippen LogP contribution < -0.4 is 5.32 Å². The van der Waals surface area contributed by atoms with Gasteiger partial charge >= 0.3 is 0 Å². The minimum atomic E-state index is -0.213. The van der Waals surface area contributed by atoms with Crippen molar-refractivity contribution in [1.29, 1.82) is 0 Å². The molecule has 0 aliphatic rings. The van der Waals surface area contributed by atoms with Gasteiger partial charge in [-0.05, 0) is 37.5 Å². The number of nitrogens with zero attached hydrogens (tertiary/aromatic N) is 2. The van der Waals surface area contributed by atoms with E-state index < -0.39 is 0 Å². The van der Waals surface area contributed by atoms with E-state index in [4.69, 9.17) is 11.6 Å². The molecule has 0 radical (unpaired) electrons. The van der Waals surface area contributed by atoms with E-state index in [0.29, 0.717) is 16.4 Å². The molecule has 0 aliphatic carbocycles. The smallest absolute Gasteiger partial charge is 0.260 e.